The Morgan fingerprint density at radius 2 is 0.776 bits per heavy atom. The zero-order chi connectivity index (χ0) is 31.8. The van der Waals surface area contributed by atoms with Gasteiger partial charge in [0.2, 0.25) is 0 Å². The summed E-state index contributed by atoms with van der Waals surface area (Å²) in [6.45, 7) is 0. The monoisotopic (exact) mass is 678 g/mol. The lowest BCUT2D eigenvalue weighted by Gasteiger charge is -2.13. The molecule has 0 fully saturated rings. The average Bonchev–Trinajstić information content (AvgIpc) is 3.97. The van der Waals surface area contributed by atoms with Crippen LogP contribution in [0.2, 0.25) is 0 Å². The quantitative estimate of drug-likeness (QED) is 0.182. The molecule has 0 atom stereocenters. The summed E-state index contributed by atoms with van der Waals surface area (Å²) in [7, 11) is 0. The van der Waals surface area contributed by atoms with Gasteiger partial charge in [0.05, 0.1) is 54.6 Å². The third-order valence-corrected chi connectivity index (χ3v) is 13.1. The summed E-state index contributed by atoms with van der Waals surface area (Å²) in [5, 5.41) is 10.2. The second-order valence-corrected chi connectivity index (χ2v) is 15.3. The molecular weight excluding hydrogens is 657 g/mol. The van der Waals surface area contributed by atoms with Gasteiger partial charge >= 0.3 is 0 Å². The molecule has 0 amide bonds. The molecule has 0 radical (unpaired) electrons. The second-order valence-electron chi connectivity index (χ2n) is 12.6. The first-order valence-corrected chi connectivity index (χ1v) is 18.6. The van der Waals surface area contributed by atoms with E-state index in [0.29, 0.717) is 0 Å². The molecule has 0 aliphatic carbocycles. The highest BCUT2D eigenvalue weighted by Gasteiger charge is 2.24. The molecule has 12 rings (SSSR count). The molecule has 0 spiro atoms. The van der Waals surface area contributed by atoms with Crippen molar-refractivity contribution in [3.8, 4) is 11.4 Å². The molecule has 12 aromatic rings. The summed E-state index contributed by atoms with van der Waals surface area (Å²) in [5.74, 6) is 0. The molecule has 7 aromatic carbocycles. The molecule has 0 aliphatic heterocycles. The number of nitrogens with zero attached hydrogens (tertiary/aromatic N) is 4. The Kier molecular flexibility index (Phi) is 5.12. The molecular formula is C42H22N4S3. The van der Waals surface area contributed by atoms with Crippen molar-refractivity contribution in [2.45, 2.75) is 0 Å². The highest BCUT2D eigenvalue weighted by atomic mass is 32.1. The highest BCUT2D eigenvalue weighted by molar-refractivity contribution is 7.27. The minimum Gasteiger partial charge on any atom is -0.305 e. The van der Waals surface area contributed by atoms with E-state index < -0.39 is 0 Å². The number of aromatic nitrogens is 4. The Bertz CT molecular complexity index is 3130. The Hall–Kier alpha value is -5.60. The number of benzene rings is 7. The molecule has 0 saturated heterocycles. The molecule has 0 N–H and O–H groups in total. The first kappa shape index (κ1) is 26.4. The van der Waals surface area contributed by atoms with Crippen molar-refractivity contribution in [3.63, 3.8) is 0 Å². The third kappa shape index (κ3) is 3.37. The van der Waals surface area contributed by atoms with E-state index in [0.717, 1.165) is 22.4 Å². The lowest BCUT2D eigenvalue weighted by molar-refractivity contribution is 1.17. The summed E-state index contributed by atoms with van der Waals surface area (Å²) in [4.78, 5) is 0. The first-order chi connectivity index (χ1) is 24.3. The van der Waals surface area contributed by atoms with Crippen LogP contribution in [0.3, 0.4) is 0 Å². The van der Waals surface area contributed by atoms with Gasteiger partial charge in [-0.1, -0.05) is 97.1 Å². The van der Waals surface area contributed by atoms with Gasteiger partial charge in [0, 0.05) is 52.5 Å². The number of rotatable bonds is 2. The topological polar surface area (TPSA) is 35.6 Å². The van der Waals surface area contributed by atoms with Crippen LogP contribution in [-0.4, -0.2) is 17.9 Å². The lowest BCUT2D eigenvalue weighted by Crippen LogP contribution is -2.00. The van der Waals surface area contributed by atoms with Crippen LogP contribution in [0.1, 0.15) is 0 Å². The molecule has 0 unspecified atom stereocenters. The molecule has 49 heavy (non-hydrogen) atoms. The minimum absolute atomic E-state index is 0.915. The number of hydrogen-bond acceptors (Lipinski definition) is 5. The zero-order valence-corrected chi connectivity index (χ0v) is 28.2. The van der Waals surface area contributed by atoms with Crippen molar-refractivity contribution in [3.05, 3.63) is 133 Å². The van der Waals surface area contributed by atoms with Crippen molar-refractivity contribution in [2.75, 3.05) is 0 Å². The fourth-order valence-electron chi connectivity index (χ4n) is 8.16. The maximum atomic E-state index is 5.04. The van der Waals surface area contributed by atoms with Gasteiger partial charge in [-0.15, -0.1) is 22.7 Å². The SMILES string of the molecule is c1ccc2c(c1)sc1c2ccc2c3ccccc3n(-c3ccc(-n4c5ccccc5c5ccc6c7ccccc7sc6c54)c4nsnc34)c21. The van der Waals surface area contributed by atoms with E-state index in [9.17, 15) is 0 Å². The van der Waals surface area contributed by atoms with Crippen LogP contribution in [0.25, 0.3) is 106 Å². The van der Waals surface area contributed by atoms with Gasteiger partial charge in [0.15, 0.2) is 0 Å². The Labute approximate surface area is 290 Å². The van der Waals surface area contributed by atoms with E-state index in [-0.39, 0.29) is 0 Å². The third-order valence-electron chi connectivity index (χ3n) is 10.2. The molecule has 4 nitrogen and oxygen atoms in total. The van der Waals surface area contributed by atoms with E-state index in [4.69, 9.17) is 8.75 Å². The van der Waals surface area contributed by atoms with E-state index in [1.165, 1.54) is 95.7 Å². The minimum atomic E-state index is 0.915. The summed E-state index contributed by atoms with van der Waals surface area (Å²) < 4.78 is 20.2. The van der Waals surface area contributed by atoms with E-state index in [1.807, 2.05) is 22.7 Å². The maximum Gasteiger partial charge on any atom is 0.130 e. The van der Waals surface area contributed by atoms with Gasteiger partial charge in [-0.3, -0.25) is 0 Å². The smallest absolute Gasteiger partial charge is 0.130 e. The van der Waals surface area contributed by atoms with Crippen molar-refractivity contribution in [1.82, 2.24) is 17.9 Å². The van der Waals surface area contributed by atoms with Gasteiger partial charge in [0.1, 0.15) is 11.0 Å². The normalized spacial score (nSPS) is 12.5. The van der Waals surface area contributed by atoms with Crippen LogP contribution in [0.4, 0.5) is 0 Å². The van der Waals surface area contributed by atoms with E-state index in [2.05, 4.69) is 143 Å². The molecule has 0 bridgehead atoms. The fraction of sp³-hybridized carbons (Fsp3) is 0. The van der Waals surface area contributed by atoms with Crippen LogP contribution >= 0.6 is 34.4 Å². The first-order valence-electron chi connectivity index (χ1n) is 16.3. The van der Waals surface area contributed by atoms with Crippen LogP contribution < -0.4 is 0 Å². The van der Waals surface area contributed by atoms with E-state index in [1.54, 1.807) is 0 Å². The molecule has 5 aromatic heterocycles. The zero-order valence-electron chi connectivity index (χ0n) is 25.7. The molecule has 0 saturated carbocycles. The summed E-state index contributed by atoms with van der Waals surface area (Å²) in [6, 6.07) is 48.7. The lowest BCUT2D eigenvalue weighted by atomic mass is 10.1. The van der Waals surface area contributed by atoms with E-state index >= 15 is 0 Å². The Morgan fingerprint density at radius 3 is 1.27 bits per heavy atom. The number of fused-ring (bicyclic) bond motifs is 15. The van der Waals surface area contributed by atoms with Crippen molar-refractivity contribution in [1.29, 1.82) is 0 Å². The van der Waals surface area contributed by atoms with Crippen molar-refractivity contribution < 1.29 is 0 Å². The molecule has 5 heterocycles. The maximum absolute atomic E-state index is 5.04. The Balaban J connectivity index is 1.21. The number of hydrogen-bond donors (Lipinski definition) is 0. The second kappa shape index (κ2) is 9.51. The van der Waals surface area contributed by atoms with Gasteiger partial charge in [-0.05, 0) is 36.4 Å². The average molecular weight is 679 g/mol. The van der Waals surface area contributed by atoms with Gasteiger partial charge in [0.25, 0.3) is 0 Å². The highest BCUT2D eigenvalue weighted by Crippen LogP contribution is 2.46. The standard InChI is InChI=1S/C42H22N4S3/c1-5-13-31-23(9-1)27-17-19-29-25-11-3-7-15-35(25)47-41(29)39(27)45(31)33-21-22-34(38-37(33)43-49-44-38)46-32-14-6-2-10-24(32)28-18-20-30-26-12-4-8-16-36(26)48-42(30)40(28)46/h1-22H. The predicted molar refractivity (Wildman–Crippen MR) is 212 cm³/mol. The summed E-state index contributed by atoms with van der Waals surface area (Å²) in [6.07, 6.45) is 0. The van der Waals surface area contributed by atoms with Gasteiger partial charge in [-0.2, -0.15) is 8.75 Å². The summed E-state index contributed by atoms with van der Waals surface area (Å²) >= 11 is 5.04. The van der Waals surface area contributed by atoms with Gasteiger partial charge in [-0.25, -0.2) is 0 Å². The Morgan fingerprint density at radius 1 is 0.367 bits per heavy atom. The van der Waals surface area contributed by atoms with Crippen LogP contribution in [-0.2, 0) is 0 Å². The number of thiophene rings is 2. The van der Waals surface area contributed by atoms with Crippen molar-refractivity contribution >= 4 is 129 Å². The largest absolute Gasteiger partial charge is 0.305 e. The fourth-order valence-corrected chi connectivity index (χ4v) is 11.2. The molecule has 228 valence electrons. The number of para-hydroxylation sites is 2. The van der Waals surface area contributed by atoms with Crippen LogP contribution in [0.15, 0.2) is 133 Å². The van der Waals surface area contributed by atoms with Crippen LogP contribution in [0, 0.1) is 0 Å². The van der Waals surface area contributed by atoms with Crippen molar-refractivity contribution in [2.24, 2.45) is 0 Å². The van der Waals surface area contributed by atoms with Gasteiger partial charge < -0.3 is 9.13 Å². The predicted octanol–water partition coefficient (Wildman–Crippen LogP) is 12.6. The molecule has 0 aliphatic rings. The van der Waals surface area contributed by atoms with Crippen LogP contribution in [0.5, 0.6) is 0 Å². The molecule has 7 heteroatoms. The summed E-state index contributed by atoms with van der Waals surface area (Å²) in [5.41, 5.74) is 8.74.